The summed E-state index contributed by atoms with van der Waals surface area (Å²) in [4.78, 5) is 25.5. The van der Waals surface area contributed by atoms with Gasteiger partial charge < -0.3 is 34.3 Å². The molecule has 1 saturated heterocycles. The van der Waals surface area contributed by atoms with Crippen molar-refractivity contribution in [1.29, 1.82) is 0 Å². The zero-order chi connectivity index (χ0) is 46.9. The van der Waals surface area contributed by atoms with E-state index in [1.807, 2.05) is 0 Å². The van der Waals surface area contributed by atoms with E-state index >= 15 is 0 Å². The maximum Gasteiger partial charge on any atom is 0.306 e. The summed E-state index contributed by atoms with van der Waals surface area (Å²) in [5.74, 6) is -1.96. The fourth-order valence-corrected chi connectivity index (χ4v) is 9.25. The lowest BCUT2D eigenvalue weighted by atomic mass is 10.00. The highest BCUT2D eigenvalue weighted by atomic mass is 32.2. The minimum absolute atomic E-state index is 0.173. The predicted octanol–water partition coefficient (Wildman–Crippen LogP) is 12.0. The van der Waals surface area contributed by atoms with Gasteiger partial charge in [0.2, 0.25) is 0 Å². The Bertz CT molecular complexity index is 1190. The first-order valence-electron chi connectivity index (χ1n) is 26.6. The second-order valence-corrected chi connectivity index (χ2v) is 20.4. The summed E-state index contributed by atoms with van der Waals surface area (Å²) in [5.41, 5.74) is 0. The van der Waals surface area contributed by atoms with Crippen molar-refractivity contribution in [3.63, 3.8) is 0 Å². The second-order valence-electron chi connectivity index (χ2n) is 18.9. The molecule has 1 rings (SSSR count). The van der Waals surface area contributed by atoms with Gasteiger partial charge in [0.1, 0.15) is 36.8 Å². The summed E-state index contributed by atoms with van der Waals surface area (Å²) >= 11 is 0. The van der Waals surface area contributed by atoms with Gasteiger partial charge in [-0.25, -0.2) is 0 Å². The Morgan fingerprint density at radius 2 is 0.797 bits per heavy atom. The zero-order valence-corrected chi connectivity index (χ0v) is 41.7. The Balaban J connectivity index is 2.34. The van der Waals surface area contributed by atoms with Gasteiger partial charge in [-0.2, -0.15) is 8.42 Å². The van der Waals surface area contributed by atoms with Crippen LogP contribution in [-0.4, -0.2) is 96.0 Å². The molecule has 1 aliphatic rings. The first kappa shape index (κ1) is 60.7. The molecule has 380 valence electrons. The molecule has 13 heteroatoms. The largest absolute Gasteiger partial charge is 0.462 e. The molecule has 2 unspecified atom stereocenters. The monoisotopic (exact) mass is 935 g/mol. The maximum atomic E-state index is 12.9. The van der Waals surface area contributed by atoms with Gasteiger partial charge in [-0.15, -0.1) is 0 Å². The van der Waals surface area contributed by atoms with E-state index in [-0.39, 0.29) is 19.4 Å². The molecule has 0 radical (unpaired) electrons. The average Bonchev–Trinajstić information content (AvgIpc) is 3.26. The number of hydrogen-bond donors (Lipinski definition) is 4. The quantitative estimate of drug-likeness (QED) is 0.0257. The summed E-state index contributed by atoms with van der Waals surface area (Å²) in [6.07, 6.45) is 35.7. The summed E-state index contributed by atoms with van der Waals surface area (Å²) in [5, 5.41) is 31.0. The van der Waals surface area contributed by atoms with Crippen molar-refractivity contribution in [1.82, 2.24) is 0 Å². The van der Waals surface area contributed by atoms with Crippen molar-refractivity contribution in [2.75, 3.05) is 19.0 Å². The molecule has 6 atom stereocenters. The topological polar surface area (TPSA) is 186 Å². The number of esters is 2. The van der Waals surface area contributed by atoms with Crippen molar-refractivity contribution in [3.05, 3.63) is 0 Å². The summed E-state index contributed by atoms with van der Waals surface area (Å²) in [7, 11) is -4.60. The summed E-state index contributed by atoms with van der Waals surface area (Å²) in [6, 6.07) is 0. The Morgan fingerprint density at radius 3 is 1.14 bits per heavy atom. The van der Waals surface area contributed by atoms with Crippen LogP contribution in [0.5, 0.6) is 0 Å². The molecule has 0 amide bonds. The van der Waals surface area contributed by atoms with Crippen LogP contribution in [0.2, 0.25) is 0 Å². The van der Waals surface area contributed by atoms with Crippen LogP contribution in [0.4, 0.5) is 0 Å². The number of rotatable bonds is 46. The average molecular weight is 935 g/mol. The fourth-order valence-electron chi connectivity index (χ4n) is 8.56. The van der Waals surface area contributed by atoms with E-state index in [9.17, 15) is 37.9 Å². The van der Waals surface area contributed by atoms with Gasteiger partial charge in [-0.3, -0.25) is 14.1 Å². The Labute approximate surface area is 391 Å². The molecule has 0 aromatic carbocycles. The normalized spacial score (nSPS) is 19.5. The van der Waals surface area contributed by atoms with Crippen LogP contribution in [0.1, 0.15) is 258 Å². The number of unbranched alkanes of at least 4 members (excludes halogenated alkanes) is 34. The molecular formula is C51H98O12S. The Hall–Kier alpha value is -1.35. The number of aliphatic hydroxyl groups excluding tert-OH is 3. The van der Waals surface area contributed by atoms with Gasteiger partial charge in [-0.05, 0) is 12.8 Å². The highest BCUT2D eigenvalue weighted by Crippen LogP contribution is 2.24. The molecule has 12 nitrogen and oxygen atoms in total. The lowest BCUT2D eigenvalue weighted by molar-refractivity contribution is -0.297. The molecule has 0 aromatic rings. The Kier molecular flexibility index (Phi) is 39.6. The third kappa shape index (κ3) is 35.8. The lowest BCUT2D eigenvalue weighted by Crippen LogP contribution is -2.60. The molecule has 0 aromatic heterocycles. The van der Waals surface area contributed by atoms with Crippen molar-refractivity contribution in [2.45, 2.75) is 295 Å². The fraction of sp³-hybridized carbons (Fsp3) is 0.961. The third-order valence-corrected chi connectivity index (χ3v) is 13.4. The van der Waals surface area contributed by atoms with E-state index in [2.05, 4.69) is 13.8 Å². The molecule has 1 fully saturated rings. The minimum atomic E-state index is -4.60. The number of aliphatic hydroxyl groups is 3. The van der Waals surface area contributed by atoms with Crippen molar-refractivity contribution in [3.8, 4) is 0 Å². The van der Waals surface area contributed by atoms with Gasteiger partial charge in [0.05, 0.1) is 6.61 Å². The van der Waals surface area contributed by atoms with E-state index in [1.54, 1.807) is 0 Å². The van der Waals surface area contributed by atoms with Gasteiger partial charge in [0.15, 0.2) is 12.4 Å². The Morgan fingerprint density at radius 1 is 0.469 bits per heavy atom. The molecule has 0 aliphatic carbocycles. The molecule has 0 spiro atoms. The molecule has 1 heterocycles. The van der Waals surface area contributed by atoms with Gasteiger partial charge >= 0.3 is 11.9 Å². The van der Waals surface area contributed by atoms with Gasteiger partial charge in [0, 0.05) is 12.8 Å². The van der Waals surface area contributed by atoms with Crippen molar-refractivity contribution < 1.29 is 56.8 Å². The molecule has 64 heavy (non-hydrogen) atoms. The van der Waals surface area contributed by atoms with Crippen LogP contribution < -0.4 is 0 Å². The number of carbonyl (C=O) groups excluding carboxylic acids is 2. The number of ether oxygens (including phenoxy) is 4. The van der Waals surface area contributed by atoms with Gasteiger partial charge in [-0.1, -0.05) is 232 Å². The highest BCUT2D eigenvalue weighted by Gasteiger charge is 2.46. The van der Waals surface area contributed by atoms with E-state index < -0.39 is 71.2 Å². The van der Waals surface area contributed by atoms with Crippen LogP contribution in [-0.2, 0) is 38.7 Å². The first-order chi connectivity index (χ1) is 31.0. The number of hydrogen-bond acceptors (Lipinski definition) is 11. The third-order valence-electron chi connectivity index (χ3n) is 12.7. The van der Waals surface area contributed by atoms with Crippen LogP contribution in [0.25, 0.3) is 0 Å². The lowest BCUT2D eigenvalue weighted by Gasteiger charge is -2.40. The molecule has 0 bridgehead atoms. The first-order valence-corrected chi connectivity index (χ1v) is 28.2. The van der Waals surface area contributed by atoms with E-state index in [4.69, 9.17) is 18.9 Å². The second kappa shape index (κ2) is 41.8. The molecule has 1 aliphatic heterocycles. The SMILES string of the molecule is CCCCCCCCCCCCCCCCCCCCCCC(=O)O[C@H](COC(=O)CCCCCCCCCCCCCCCCCC)CO[C@H]1O[C@H](CS(=O)(=O)O)[C@@H](O)C(O)C1O. The van der Waals surface area contributed by atoms with Gasteiger partial charge in [0.25, 0.3) is 10.1 Å². The van der Waals surface area contributed by atoms with E-state index in [0.717, 1.165) is 38.5 Å². The van der Waals surface area contributed by atoms with Crippen LogP contribution in [0, 0.1) is 0 Å². The van der Waals surface area contributed by atoms with Crippen LogP contribution >= 0.6 is 0 Å². The highest BCUT2D eigenvalue weighted by molar-refractivity contribution is 7.85. The van der Waals surface area contributed by atoms with Crippen molar-refractivity contribution in [2.24, 2.45) is 0 Å². The molecule has 4 N–H and O–H groups in total. The van der Waals surface area contributed by atoms with Crippen LogP contribution in [0.15, 0.2) is 0 Å². The van der Waals surface area contributed by atoms with Crippen LogP contribution in [0.3, 0.4) is 0 Å². The smallest absolute Gasteiger partial charge is 0.306 e. The molecule has 0 saturated carbocycles. The van der Waals surface area contributed by atoms with E-state index in [1.165, 1.54) is 180 Å². The summed E-state index contributed by atoms with van der Waals surface area (Å²) in [6.45, 7) is 3.82. The predicted molar refractivity (Wildman–Crippen MR) is 257 cm³/mol. The maximum absolute atomic E-state index is 12.9. The molecular weight excluding hydrogens is 837 g/mol. The zero-order valence-electron chi connectivity index (χ0n) is 40.9. The van der Waals surface area contributed by atoms with E-state index in [0.29, 0.717) is 12.8 Å². The van der Waals surface area contributed by atoms with Crippen molar-refractivity contribution >= 4 is 22.1 Å². The standard InChI is InChI=1S/C51H98O12S/c1-3-5-7-9-11-13-15-17-19-21-22-23-24-26-28-30-32-34-36-38-40-47(53)62-44(42-61-51-50(56)49(55)48(54)45(63-51)43-64(57,58)59)41-60-46(52)39-37-35-33-31-29-27-25-20-18-16-14-12-10-8-6-4-2/h44-45,48-51,54-56H,3-43H2,1-2H3,(H,57,58,59)/t44-,45-,48-,49?,50?,51+/m1/s1. The summed E-state index contributed by atoms with van der Waals surface area (Å²) < 4.78 is 54.3. The minimum Gasteiger partial charge on any atom is -0.462 e. The number of carbonyl (C=O) groups is 2.